The molecule has 2 atom stereocenters. The summed E-state index contributed by atoms with van der Waals surface area (Å²) in [6.45, 7) is -0.0572. The van der Waals surface area contributed by atoms with Crippen LogP contribution in [0.2, 0.25) is 0 Å². The second-order valence-electron chi connectivity index (χ2n) is 5.50. The van der Waals surface area contributed by atoms with Crippen molar-refractivity contribution in [1.82, 2.24) is 9.55 Å². The van der Waals surface area contributed by atoms with Crippen LogP contribution in [0.15, 0.2) is 41.3 Å². The number of aliphatic hydroxyl groups excluding tert-OH is 1. The van der Waals surface area contributed by atoms with Crippen LogP contribution in [0.5, 0.6) is 11.5 Å². The molecule has 0 unspecified atom stereocenters. The number of nitrogens with zero attached hydrogens (tertiary/aromatic N) is 2. The minimum Gasteiger partial charge on any atom is -0.504 e. The van der Waals surface area contributed by atoms with E-state index >= 15 is 0 Å². The summed E-state index contributed by atoms with van der Waals surface area (Å²) in [5, 5.41) is 35.1. The number of benzene rings is 1. The molecule has 1 aliphatic heterocycles. The molecule has 1 aromatic carbocycles. The van der Waals surface area contributed by atoms with E-state index in [9.17, 15) is 9.59 Å². The second-order valence-corrected chi connectivity index (χ2v) is 6.69. The van der Waals surface area contributed by atoms with Crippen molar-refractivity contribution in [3.8, 4) is 11.5 Å². The standard InChI is InChI=1S/C9H8O4.C8H11N3O3S/c10-7-3-1-6(5-8(7)11)2-4-9(12)13;9-5-1-2-11(8(13)10-5)6-4-15-7(3-12)14-6/h1-5,10-11H,(H,12,13);1-2,6-7,12H,3-4H2,(H2,9,10,13)/b4-2+;/t;6-,7+/m.0/s1. The molecule has 0 bridgehead atoms. The van der Waals surface area contributed by atoms with E-state index in [2.05, 4.69) is 4.98 Å². The number of nitrogens with two attached hydrogens (primary N) is 1. The van der Waals surface area contributed by atoms with Gasteiger partial charge in [-0.25, -0.2) is 9.59 Å². The summed E-state index contributed by atoms with van der Waals surface area (Å²) in [4.78, 5) is 25.2. The predicted octanol–water partition coefficient (Wildman–Crippen LogP) is 0.602. The SMILES string of the molecule is Nc1ccn([C@@H]2CS[C@H](CO)O2)c(=O)n1.O=C(O)/C=C/c1ccc(O)c(O)c1. The van der Waals surface area contributed by atoms with Gasteiger partial charge in [0.25, 0.3) is 0 Å². The normalized spacial score (nSPS) is 18.6. The minimum atomic E-state index is -1.06. The zero-order valence-corrected chi connectivity index (χ0v) is 15.3. The Kier molecular flexibility index (Phi) is 7.44. The number of thioether (sulfide) groups is 1. The summed E-state index contributed by atoms with van der Waals surface area (Å²) >= 11 is 1.47. The summed E-state index contributed by atoms with van der Waals surface area (Å²) < 4.78 is 6.79. The van der Waals surface area contributed by atoms with Crippen LogP contribution in [0.1, 0.15) is 11.8 Å². The van der Waals surface area contributed by atoms with Gasteiger partial charge < -0.3 is 30.9 Å². The zero-order chi connectivity index (χ0) is 20.7. The molecule has 3 rings (SSSR count). The van der Waals surface area contributed by atoms with Crippen molar-refractivity contribution in [2.45, 2.75) is 11.7 Å². The van der Waals surface area contributed by atoms with Gasteiger partial charge in [-0.2, -0.15) is 4.98 Å². The highest BCUT2D eigenvalue weighted by atomic mass is 32.2. The van der Waals surface area contributed by atoms with Gasteiger partial charge >= 0.3 is 11.7 Å². The fourth-order valence-corrected chi connectivity index (χ4v) is 3.07. The number of aromatic nitrogens is 2. The molecular weight excluding hydrogens is 390 g/mol. The van der Waals surface area contributed by atoms with Crippen molar-refractivity contribution in [3.63, 3.8) is 0 Å². The van der Waals surface area contributed by atoms with Crippen LogP contribution in [0.25, 0.3) is 6.08 Å². The van der Waals surface area contributed by atoms with Gasteiger partial charge in [0.1, 0.15) is 17.5 Å². The van der Waals surface area contributed by atoms with Crippen molar-refractivity contribution in [2.75, 3.05) is 18.1 Å². The molecule has 1 saturated heterocycles. The first-order valence-corrected chi connectivity index (χ1v) is 9.00. The summed E-state index contributed by atoms with van der Waals surface area (Å²) in [5.41, 5.74) is 5.19. The third-order valence-corrected chi connectivity index (χ3v) is 4.57. The molecular formula is C17H19N3O7S. The quantitative estimate of drug-likeness (QED) is 0.356. The van der Waals surface area contributed by atoms with Gasteiger partial charge in [-0.1, -0.05) is 6.07 Å². The number of hydrogen-bond acceptors (Lipinski definition) is 9. The highest BCUT2D eigenvalue weighted by Gasteiger charge is 2.27. The first-order chi connectivity index (χ1) is 13.3. The van der Waals surface area contributed by atoms with Crippen molar-refractivity contribution < 1.29 is 30.0 Å². The van der Waals surface area contributed by atoms with Gasteiger partial charge in [0.05, 0.1) is 6.61 Å². The number of aliphatic carboxylic acids is 1. The van der Waals surface area contributed by atoms with Crippen LogP contribution in [-0.4, -0.2) is 53.7 Å². The van der Waals surface area contributed by atoms with E-state index in [0.717, 1.165) is 6.08 Å². The molecule has 0 saturated carbocycles. The molecule has 11 heteroatoms. The lowest BCUT2D eigenvalue weighted by molar-refractivity contribution is -0.131. The van der Waals surface area contributed by atoms with E-state index in [0.29, 0.717) is 11.3 Å². The lowest BCUT2D eigenvalue weighted by atomic mass is 10.2. The van der Waals surface area contributed by atoms with Crippen molar-refractivity contribution in [3.05, 3.63) is 52.6 Å². The van der Waals surface area contributed by atoms with Gasteiger partial charge in [0, 0.05) is 18.0 Å². The monoisotopic (exact) mass is 409 g/mol. The van der Waals surface area contributed by atoms with Crippen molar-refractivity contribution >= 4 is 29.6 Å². The first-order valence-electron chi connectivity index (χ1n) is 7.95. The van der Waals surface area contributed by atoms with Crippen LogP contribution >= 0.6 is 11.8 Å². The van der Waals surface area contributed by atoms with E-state index in [1.165, 1.54) is 40.6 Å². The summed E-state index contributed by atoms with van der Waals surface area (Å²) in [7, 11) is 0. The highest BCUT2D eigenvalue weighted by molar-refractivity contribution is 8.00. The van der Waals surface area contributed by atoms with Crippen molar-refractivity contribution in [2.24, 2.45) is 0 Å². The predicted molar refractivity (Wildman–Crippen MR) is 103 cm³/mol. The summed E-state index contributed by atoms with van der Waals surface area (Å²) in [6, 6.07) is 5.60. The van der Waals surface area contributed by atoms with Gasteiger partial charge in [-0.05, 0) is 29.8 Å². The summed E-state index contributed by atoms with van der Waals surface area (Å²) in [5.74, 6) is -0.746. The van der Waals surface area contributed by atoms with E-state index in [4.69, 9.17) is 30.9 Å². The molecule has 150 valence electrons. The first kappa shape index (κ1) is 21.3. The number of nitrogen functional groups attached to an aromatic ring is 1. The summed E-state index contributed by atoms with van der Waals surface area (Å²) in [6.07, 6.45) is 3.45. The number of carboxylic acid groups (broad SMARTS) is 1. The van der Waals surface area contributed by atoms with Gasteiger partial charge in [-0.15, -0.1) is 11.8 Å². The maximum atomic E-state index is 11.4. The molecule has 0 radical (unpaired) electrons. The van der Waals surface area contributed by atoms with E-state index < -0.39 is 11.7 Å². The molecule has 0 spiro atoms. The largest absolute Gasteiger partial charge is 0.504 e. The smallest absolute Gasteiger partial charge is 0.351 e. The van der Waals surface area contributed by atoms with Gasteiger partial charge in [0.15, 0.2) is 11.5 Å². The molecule has 0 amide bonds. The number of anilines is 1. The van der Waals surface area contributed by atoms with Gasteiger partial charge in [-0.3, -0.25) is 4.57 Å². The number of aromatic hydroxyl groups is 2. The fraction of sp³-hybridized carbons (Fsp3) is 0.235. The number of phenolic OH excluding ortho intramolecular Hbond substituents is 2. The minimum absolute atomic E-state index is 0.0572. The maximum absolute atomic E-state index is 11.4. The lowest BCUT2D eigenvalue weighted by Gasteiger charge is -2.13. The molecule has 0 aliphatic carbocycles. The fourth-order valence-electron chi connectivity index (χ4n) is 2.14. The molecule has 1 aliphatic rings. The van der Waals surface area contributed by atoms with Gasteiger partial charge in [0.2, 0.25) is 0 Å². The van der Waals surface area contributed by atoms with Crippen LogP contribution in [-0.2, 0) is 9.53 Å². The molecule has 1 fully saturated rings. The molecule has 2 heterocycles. The number of aliphatic hydroxyl groups is 1. The van der Waals surface area contributed by atoms with E-state index in [-0.39, 0.29) is 35.6 Å². The number of phenols is 2. The van der Waals surface area contributed by atoms with Crippen LogP contribution in [0.4, 0.5) is 5.82 Å². The Bertz CT molecular complexity index is 916. The lowest BCUT2D eigenvalue weighted by Crippen LogP contribution is -2.28. The molecule has 1 aromatic heterocycles. The Balaban J connectivity index is 0.000000203. The third-order valence-electron chi connectivity index (χ3n) is 3.46. The van der Waals surface area contributed by atoms with Crippen LogP contribution in [0.3, 0.4) is 0 Å². The Labute approximate surface area is 163 Å². The number of ether oxygens (including phenoxy) is 1. The zero-order valence-electron chi connectivity index (χ0n) is 14.5. The molecule has 28 heavy (non-hydrogen) atoms. The van der Waals surface area contributed by atoms with E-state index in [1.54, 1.807) is 12.3 Å². The number of hydrogen-bond donors (Lipinski definition) is 5. The maximum Gasteiger partial charge on any atom is 0.351 e. The molecule has 10 nitrogen and oxygen atoms in total. The molecule has 2 aromatic rings. The second kappa shape index (κ2) is 9.78. The van der Waals surface area contributed by atoms with Crippen molar-refractivity contribution in [1.29, 1.82) is 0 Å². The number of carbonyl (C=O) groups is 1. The van der Waals surface area contributed by atoms with Crippen LogP contribution < -0.4 is 11.4 Å². The molecule has 6 N–H and O–H groups in total. The Morgan fingerprint density at radius 2 is 2.11 bits per heavy atom. The Morgan fingerprint density at radius 1 is 1.36 bits per heavy atom. The number of rotatable bonds is 4. The number of carboxylic acids is 1. The van der Waals surface area contributed by atoms with Crippen LogP contribution in [0, 0.1) is 0 Å². The highest BCUT2D eigenvalue weighted by Crippen LogP contribution is 2.30. The topological polar surface area (TPSA) is 168 Å². The average Bonchev–Trinajstić information content (AvgIpc) is 3.12. The van der Waals surface area contributed by atoms with E-state index in [1.807, 2.05) is 0 Å². The Hall–Kier alpha value is -3.02. The Morgan fingerprint density at radius 3 is 2.68 bits per heavy atom. The average molecular weight is 409 g/mol. The third kappa shape index (κ3) is 6.01.